The van der Waals surface area contributed by atoms with Crippen molar-refractivity contribution in [3.05, 3.63) is 83.8 Å². The molecule has 40 heavy (non-hydrogen) atoms. The fraction of sp³-hybridized carbons (Fsp3) is 0.179. The Morgan fingerprint density at radius 2 is 1.65 bits per heavy atom. The summed E-state index contributed by atoms with van der Waals surface area (Å²) in [4.78, 5) is 29.4. The van der Waals surface area contributed by atoms with Gasteiger partial charge in [-0.25, -0.2) is 4.39 Å². The molecule has 1 aromatic heterocycles. The highest BCUT2D eigenvalue weighted by Gasteiger charge is 2.30. The molecule has 12 heteroatoms. The van der Waals surface area contributed by atoms with E-state index in [2.05, 4.69) is 4.98 Å². The van der Waals surface area contributed by atoms with E-state index >= 15 is 4.39 Å². The summed E-state index contributed by atoms with van der Waals surface area (Å²) >= 11 is 0. The van der Waals surface area contributed by atoms with Crippen LogP contribution in [0.25, 0.3) is 10.9 Å². The number of amides is 2. The first kappa shape index (κ1) is 28.1. The van der Waals surface area contributed by atoms with Crippen molar-refractivity contribution in [3.8, 4) is 23.0 Å². The number of anilines is 1. The molecule has 4 aromatic rings. The lowest BCUT2D eigenvalue weighted by Crippen LogP contribution is -2.41. The van der Waals surface area contributed by atoms with E-state index < -0.39 is 29.4 Å². The molecule has 0 aliphatic carbocycles. The van der Waals surface area contributed by atoms with Crippen LogP contribution in [0.1, 0.15) is 11.1 Å². The maximum absolute atomic E-state index is 15.2. The first-order valence-corrected chi connectivity index (χ1v) is 11.8. The Kier molecular flexibility index (Phi) is 8.08. The largest absolute Gasteiger partial charge is 0.493 e. The second kappa shape index (κ2) is 11.5. The van der Waals surface area contributed by atoms with Gasteiger partial charge in [0.05, 0.1) is 25.3 Å². The van der Waals surface area contributed by atoms with E-state index in [1.165, 1.54) is 50.7 Å². The van der Waals surface area contributed by atoms with Gasteiger partial charge >= 0.3 is 18.0 Å². The number of hydrogen-bond donors (Lipinski definition) is 1. The fourth-order valence-corrected chi connectivity index (χ4v) is 4.02. The lowest BCUT2D eigenvalue weighted by Gasteiger charge is -2.22. The zero-order chi connectivity index (χ0) is 29.0. The number of primary amides is 1. The molecule has 8 nitrogen and oxygen atoms in total. The van der Waals surface area contributed by atoms with Gasteiger partial charge in [-0.05, 0) is 42.3 Å². The summed E-state index contributed by atoms with van der Waals surface area (Å²) in [6.45, 7) is -0.237. The van der Waals surface area contributed by atoms with Gasteiger partial charge < -0.3 is 24.8 Å². The van der Waals surface area contributed by atoms with Gasteiger partial charge in [0.25, 0.3) is 0 Å². The molecule has 0 aliphatic heterocycles. The summed E-state index contributed by atoms with van der Waals surface area (Å²) in [5, 5.41) is 0.509. The predicted molar refractivity (Wildman–Crippen MR) is 138 cm³/mol. The van der Waals surface area contributed by atoms with E-state index in [1.54, 1.807) is 12.1 Å². The molecule has 208 valence electrons. The van der Waals surface area contributed by atoms with Crippen LogP contribution in [0, 0.1) is 5.82 Å². The Balaban J connectivity index is 1.61. The Hall–Kier alpha value is -4.87. The third-order valence-corrected chi connectivity index (χ3v) is 5.99. The second-order valence-corrected chi connectivity index (χ2v) is 8.52. The third kappa shape index (κ3) is 6.06. The van der Waals surface area contributed by atoms with Gasteiger partial charge in [0.2, 0.25) is 0 Å². The quantitative estimate of drug-likeness (QED) is 0.234. The predicted octanol–water partition coefficient (Wildman–Crippen LogP) is 5.26. The number of hydrogen-bond acceptors (Lipinski definition) is 6. The van der Waals surface area contributed by atoms with Crippen molar-refractivity contribution < 1.29 is 41.4 Å². The van der Waals surface area contributed by atoms with E-state index in [4.69, 9.17) is 19.9 Å². The van der Waals surface area contributed by atoms with Crippen LogP contribution in [0.5, 0.6) is 23.0 Å². The molecule has 4 rings (SSSR count). The van der Waals surface area contributed by atoms with Crippen LogP contribution < -0.4 is 24.8 Å². The molecule has 0 atom stereocenters. The smallest absolute Gasteiger partial charge is 0.416 e. The number of benzene rings is 3. The molecule has 0 saturated carbocycles. The average Bonchev–Trinajstić information content (AvgIpc) is 2.93. The minimum Gasteiger partial charge on any atom is -0.493 e. The molecule has 3 aromatic carbocycles. The van der Waals surface area contributed by atoms with Gasteiger partial charge in [-0.1, -0.05) is 18.2 Å². The van der Waals surface area contributed by atoms with Crippen molar-refractivity contribution in [3.63, 3.8) is 0 Å². The molecule has 0 unspecified atom stereocenters. The SMILES string of the molecule is COc1cc2nccc(Oc3ccc(N(CCc4cccc(C(F)(F)F)c4)C(=O)C(N)=O)cc3F)c2cc1OC. The number of ether oxygens (including phenoxy) is 3. The van der Waals surface area contributed by atoms with E-state index in [9.17, 15) is 22.8 Å². The zero-order valence-electron chi connectivity index (χ0n) is 21.3. The Morgan fingerprint density at radius 3 is 2.30 bits per heavy atom. The van der Waals surface area contributed by atoms with Crippen LogP contribution in [0.3, 0.4) is 0 Å². The van der Waals surface area contributed by atoms with E-state index in [0.29, 0.717) is 22.4 Å². The summed E-state index contributed by atoms with van der Waals surface area (Å²) in [5.74, 6) is -2.42. The maximum Gasteiger partial charge on any atom is 0.416 e. The van der Waals surface area contributed by atoms with Crippen molar-refractivity contribution in [1.29, 1.82) is 0 Å². The van der Waals surface area contributed by atoms with Gasteiger partial charge in [0.1, 0.15) is 5.75 Å². The van der Waals surface area contributed by atoms with Crippen molar-refractivity contribution in [2.24, 2.45) is 5.73 Å². The Bertz CT molecular complexity index is 1580. The molecule has 1 heterocycles. The molecule has 0 saturated heterocycles. The highest BCUT2D eigenvalue weighted by molar-refractivity contribution is 6.39. The number of carbonyl (C=O) groups is 2. The highest BCUT2D eigenvalue weighted by atomic mass is 19.4. The molecule has 0 bridgehead atoms. The number of pyridine rings is 1. The van der Waals surface area contributed by atoms with Gasteiger partial charge in [-0.2, -0.15) is 13.2 Å². The van der Waals surface area contributed by atoms with Crippen molar-refractivity contribution in [1.82, 2.24) is 4.98 Å². The van der Waals surface area contributed by atoms with Crippen LogP contribution in [0.4, 0.5) is 23.2 Å². The molecule has 2 amide bonds. The average molecular weight is 558 g/mol. The van der Waals surface area contributed by atoms with Crippen molar-refractivity contribution in [2.45, 2.75) is 12.6 Å². The number of rotatable bonds is 8. The normalized spacial score (nSPS) is 11.2. The van der Waals surface area contributed by atoms with Gasteiger partial charge in [-0.3, -0.25) is 14.6 Å². The van der Waals surface area contributed by atoms with Crippen LogP contribution in [0.15, 0.2) is 66.9 Å². The molecule has 0 fully saturated rings. The lowest BCUT2D eigenvalue weighted by molar-refractivity contribution is -0.137. The van der Waals surface area contributed by atoms with Gasteiger partial charge in [-0.15, -0.1) is 0 Å². The van der Waals surface area contributed by atoms with E-state index in [1.807, 2.05) is 0 Å². The molecule has 2 N–H and O–H groups in total. The number of fused-ring (bicyclic) bond motifs is 1. The summed E-state index contributed by atoms with van der Waals surface area (Å²) in [6, 6.07) is 12.9. The van der Waals surface area contributed by atoms with Crippen LogP contribution in [-0.2, 0) is 22.2 Å². The molecule has 0 aliphatic rings. The zero-order valence-corrected chi connectivity index (χ0v) is 21.3. The second-order valence-electron chi connectivity index (χ2n) is 8.52. The highest BCUT2D eigenvalue weighted by Crippen LogP contribution is 2.38. The van der Waals surface area contributed by atoms with E-state index in [0.717, 1.165) is 23.1 Å². The van der Waals surface area contributed by atoms with Crippen LogP contribution in [0.2, 0.25) is 0 Å². The number of nitrogens with zero attached hydrogens (tertiary/aromatic N) is 2. The molecular formula is C28H23F4N3O5. The summed E-state index contributed by atoms with van der Waals surface area (Å²) in [7, 11) is 2.94. The van der Waals surface area contributed by atoms with E-state index in [-0.39, 0.29) is 35.7 Å². The minimum atomic E-state index is -4.55. The Morgan fingerprint density at radius 1 is 0.925 bits per heavy atom. The third-order valence-electron chi connectivity index (χ3n) is 5.99. The van der Waals surface area contributed by atoms with Crippen LogP contribution in [-0.4, -0.2) is 37.6 Å². The summed E-state index contributed by atoms with van der Waals surface area (Å²) < 4.78 is 70.8. The first-order valence-electron chi connectivity index (χ1n) is 11.8. The molecule has 0 spiro atoms. The van der Waals surface area contributed by atoms with Gasteiger partial charge in [0, 0.05) is 35.9 Å². The number of halogens is 4. The van der Waals surface area contributed by atoms with Crippen LogP contribution >= 0.6 is 0 Å². The lowest BCUT2D eigenvalue weighted by atomic mass is 10.1. The summed E-state index contributed by atoms with van der Waals surface area (Å²) in [5.41, 5.74) is 5.04. The topological polar surface area (TPSA) is 104 Å². The monoisotopic (exact) mass is 557 g/mol. The molecular weight excluding hydrogens is 534 g/mol. The standard InChI is InChI=1S/C28H23F4N3O5/c1-38-24-14-19-21(15-25(24)39-2)34-10-8-22(19)40-23-7-6-18(13-20(23)29)35(27(37)26(33)36)11-9-16-4-3-5-17(12-16)28(30,31)32/h3-8,10,12-15H,9,11H2,1-2H3,(H2,33,36). The molecule has 0 radical (unpaired) electrons. The first-order chi connectivity index (χ1) is 19.0. The fourth-order valence-electron chi connectivity index (χ4n) is 4.02. The Labute approximate surface area is 225 Å². The number of alkyl halides is 3. The van der Waals surface area contributed by atoms with Gasteiger partial charge in [0.15, 0.2) is 23.1 Å². The number of carbonyl (C=O) groups excluding carboxylic acids is 2. The number of methoxy groups -OCH3 is 2. The number of nitrogens with two attached hydrogens (primary N) is 1. The summed E-state index contributed by atoms with van der Waals surface area (Å²) in [6.07, 6.45) is -3.14. The van der Waals surface area contributed by atoms with Crippen molar-refractivity contribution in [2.75, 3.05) is 25.7 Å². The maximum atomic E-state index is 15.2. The van der Waals surface area contributed by atoms with Crippen molar-refractivity contribution >= 4 is 28.4 Å². The minimum absolute atomic E-state index is 0.0355. The number of aromatic nitrogens is 1.